The van der Waals surface area contributed by atoms with E-state index in [9.17, 15) is 19.2 Å². The molecule has 126 valence electrons. The average Bonchev–Trinajstić information content (AvgIpc) is 3.15. The van der Waals surface area contributed by atoms with Crippen molar-refractivity contribution in [2.75, 3.05) is 0 Å². The van der Waals surface area contributed by atoms with Gasteiger partial charge in [0.25, 0.3) is 23.6 Å². The normalized spacial score (nSPS) is 16.3. The molecule has 0 atom stereocenters. The molecule has 2 N–H and O–H groups in total. The topological polar surface area (TPSA) is 92.3 Å². The molecule has 6 nitrogen and oxygen atoms in total. The van der Waals surface area contributed by atoms with Crippen LogP contribution < -0.4 is 10.6 Å². The van der Waals surface area contributed by atoms with E-state index in [1.165, 1.54) is 12.2 Å². The van der Waals surface area contributed by atoms with E-state index >= 15 is 0 Å². The minimum atomic E-state index is -0.465. The molecule has 0 saturated heterocycles. The van der Waals surface area contributed by atoms with Crippen LogP contribution in [0.25, 0.3) is 22.3 Å². The van der Waals surface area contributed by atoms with E-state index in [4.69, 9.17) is 0 Å². The van der Waals surface area contributed by atoms with Crippen LogP contribution in [0.4, 0.5) is 0 Å². The molecule has 0 aromatic heterocycles. The number of nitrogens with one attached hydrogen (secondary N) is 2. The predicted octanol–water partition coefficient (Wildman–Crippen LogP) is 1.43. The van der Waals surface area contributed by atoms with Gasteiger partial charge in [-0.3, -0.25) is 29.8 Å². The standard InChI is InChI=1S/C20H12N2O4/c23-17-9-15(19(25)21-17)13-7-3-1-5-11(13)12-6-2-4-8-14(12)16-10-18(24)22-20(16)26/h1-10H,(H,21,23,25)(H,22,24,26). The van der Waals surface area contributed by atoms with E-state index in [0.717, 1.165) is 0 Å². The van der Waals surface area contributed by atoms with Crippen LogP contribution in [0.3, 0.4) is 0 Å². The van der Waals surface area contributed by atoms with Gasteiger partial charge in [-0.05, 0) is 22.3 Å². The largest absolute Gasteiger partial charge is 0.289 e. The third-order valence-electron chi connectivity index (χ3n) is 4.24. The van der Waals surface area contributed by atoms with E-state index in [0.29, 0.717) is 22.3 Å². The lowest BCUT2D eigenvalue weighted by atomic mass is 9.89. The van der Waals surface area contributed by atoms with E-state index in [1.54, 1.807) is 48.5 Å². The summed E-state index contributed by atoms with van der Waals surface area (Å²) >= 11 is 0. The molecule has 0 radical (unpaired) electrons. The first kappa shape index (κ1) is 15.7. The van der Waals surface area contributed by atoms with Crippen LogP contribution in [0, 0.1) is 0 Å². The number of imide groups is 2. The molecule has 4 amide bonds. The molecular formula is C20H12N2O4. The number of rotatable bonds is 3. The molecule has 0 aliphatic carbocycles. The van der Waals surface area contributed by atoms with Gasteiger partial charge in [-0.2, -0.15) is 0 Å². The predicted molar refractivity (Wildman–Crippen MR) is 94.1 cm³/mol. The van der Waals surface area contributed by atoms with Crippen LogP contribution in [0.2, 0.25) is 0 Å². The Kier molecular flexibility index (Phi) is 3.58. The summed E-state index contributed by atoms with van der Waals surface area (Å²) in [5.74, 6) is -1.85. The van der Waals surface area contributed by atoms with E-state index in [2.05, 4.69) is 10.6 Å². The van der Waals surface area contributed by atoms with Crippen molar-refractivity contribution in [1.82, 2.24) is 10.6 Å². The fraction of sp³-hybridized carbons (Fsp3) is 0. The van der Waals surface area contributed by atoms with Crippen molar-refractivity contribution in [3.63, 3.8) is 0 Å². The smallest absolute Gasteiger partial charge is 0.258 e. The first-order valence-corrected chi connectivity index (χ1v) is 7.88. The monoisotopic (exact) mass is 344 g/mol. The second kappa shape index (κ2) is 5.93. The molecule has 0 unspecified atom stereocenters. The Morgan fingerprint density at radius 3 is 1.15 bits per heavy atom. The molecule has 0 spiro atoms. The lowest BCUT2D eigenvalue weighted by Gasteiger charge is -2.14. The van der Waals surface area contributed by atoms with Gasteiger partial charge in [-0.25, -0.2) is 0 Å². The fourth-order valence-electron chi connectivity index (χ4n) is 3.13. The molecule has 0 bridgehead atoms. The molecule has 2 aliphatic heterocycles. The molecule has 0 fully saturated rings. The van der Waals surface area contributed by atoms with Crippen LogP contribution in [0.1, 0.15) is 11.1 Å². The number of hydrogen-bond donors (Lipinski definition) is 2. The van der Waals surface area contributed by atoms with Gasteiger partial charge in [0.1, 0.15) is 0 Å². The number of carbonyl (C=O) groups excluding carboxylic acids is 4. The summed E-state index contributed by atoms with van der Waals surface area (Å²) in [5, 5.41) is 4.47. The van der Waals surface area contributed by atoms with Gasteiger partial charge >= 0.3 is 0 Å². The molecule has 26 heavy (non-hydrogen) atoms. The summed E-state index contributed by atoms with van der Waals surface area (Å²) in [5.41, 5.74) is 3.06. The molecular weight excluding hydrogens is 332 g/mol. The third kappa shape index (κ3) is 2.53. The lowest BCUT2D eigenvalue weighted by molar-refractivity contribution is -0.124. The highest BCUT2D eigenvalue weighted by Crippen LogP contribution is 2.35. The SMILES string of the molecule is O=C1C=C(c2ccccc2-c2ccccc2C2=CC(=O)NC2=O)C(=O)N1. The van der Waals surface area contributed by atoms with Gasteiger partial charge in [0.2, 0.25) is 0 Å². The number of amides is 4. The highest BCUT2D eigenvalue weighted by Gasteiger charge is 2.27. The van der Waals surface area contributed by atoms with Gasteiger partial charge in [-0.15, -0.1) is 0 Å². The zero-order valence-corrected chi connectivity index (χ0v) is 13.4. The van der Waals surface area contributed by atoms with Crippen LogP contribution in [-0.4, -0.2) is 23.6 Å². The molecule has 2 aromatic rings. The zero-order valence-electron chi connectivity index (χ0n) is 13.4. The van der Waals surface area contributed by atoms with Crippen molar-refractivity contribution in [3.05, 3.63) is 71.8 Å². The Labute approximate surface area is 148 Å². The van der Waals surface area contributed by atoms with Gasteiger partial charge in [0, 0.05) is 12.2 Å². The Balaban J connectivity index is 1.92. The maximum Gasteiger partial charge on any atom is 0.258 e. The van der Waals surface area contributed by atoms with Crippen LogP contribution in [-0.2, 0) is 19.2 Å². The summed E-state index contributed by atoms with van der Waals surface area (Å²) in [6.07, 6.45) is 2.52. The highest BCUT2D eigenvalue weighted by molar-refractivity contribution is 6.36. The lowest BCUT2D eigenvalue weighted by Crippen LogP contribution is -2.22. The maximum atomic E-state index is 12.1. The molecule has 0 saturated carbocycles. The van der Waals surface area contributed by atoms with Crippen molar-refractivity contribution in [3.8, 4) is 11.1 Å². The fourth-order valence-corrected chi connectivity index (χ4v) is 3.13. The van der Waals surface area contributed by atoms with Crippen LogP contribution in [0.5, 0.6) is 0 Å². The quantitative estimate of drug-likeness (QED) is 0.824. The zero-order chi connectivity index (χ0) is 18.3. The third-order valence-corrected chi connectivity index (χ3v) is 4.24. The highest BCUT2D eigenvalue weighted by atomic mass is 16.2. The van der Waals surface area contributed by atoms with Crippen molar-refractivity contribution in [2.24, 2.45) is 0 Å². The first-order valence-electron chi connectivity index (χ1n) is 7.88. The average molecular weight is 344 g/mol. The summed E-state index contributed by atoms with van der Waals surface area (Å²) in [4.78, 5) is 47.2. The van der Waals surface area contributed by atoms with Crippen molar-refractivity contribution >= 4 is 34.8 Å². The van der Waals surface area contributed by atoms with E-state index in [1.807, 2.05) is 0 Å². The minimum absolute atomic E-state index is 0.265. The summed E-state index contributed by atoms with van der Waals surface area (Å²) in [6.45, 7) is 0. The first-order chi connectivity index (χ1) is 12.5. The molecule has 2 heterocycles. The number of hydrogen-bond acceptors (Lipinski definition) is 4. The summed E-state index contributed by atoms with van der Waals surface area (Å²) in [6, 6.07) is 14.2. The van der Waals surface area contributed by atoms with Crippen molar-refractivity contribution in [1.29, 1.82) is 0 Å². The van der Waals surface area contributed by atoms with Gasteiger partial charge in [-0.1, -0.05) is 48.5 Å². The second-order valence-corrected chi connectivity index (χ2v) is 5.84. The molecule has 6 heteroatoms. The van der Waals surface area contributed by atoms with Gasteiger partial charge in [0.15, 0.2) is 0 Å². The number of carbonyl (C=O) groups is 4. The summed E-state index contributed by atoms with van der Waals surface area (Å²) in [7, 11) is 0. The summed E-state index contributed by atoms with van der Waals surface area (Å²) < 4.78 is 0. The second-order valence-electron chi connectivity index (χ2n) is 5.84. The Morgan fingerprint density at radius 1 is 0.500 bits per heavy atom. The Bertz CT molecular complexity index is 977. The van der Waals surface area contributed by atoms with Crippen LogP contribution >= 0.6 is 0 Å². The number of benzene rings is 2. The molecule has 2 aromatic carbocycles. The van der Waals surface area contributed by atoms with Crippen molar-refractivity contribution < 1.29 is 19.2 Å². The van der Waals surface area contributed by atoms with Crippen LogP contribution in [0.15, 0.2) is 60.7 Å². The van der Waals surface area contributed by atoms with Gasteiger partial charge < -0.3 is 0 Å². The maximum absolute atomic E-state index is 12.1. The Morgan fingerprint density at radius 2 is 0.846 bits per heavy atom. The Hall–Kier alpha value is -3.80. The molecule has 2 aliphatic rings. The molecule has 4 rings (SSSR count). The van der Waals surface area contributed by atoms with E-state index < -0.39 is 23.6 Å². The van der Waals surface area contributed by atoms with E-state index in [-0.39, 0.29) is 11.1 Å². The minimum Gasteiger partial charge on any atom is -0.289 e. The van der Waals surface area contributed by atoms with Crippen molar-refractivity contribution in [2.45, 2.75) is 0 Å². The van der Waals surface area contributed by atoms with Gasteiger partial charge in [0.05, 0.1) is 11.1 Å².